The minimum atomic E-state index is -0.225. The van der Waals surface area contributed by atoms with Crippen molar-refractivity contribution in [2.24, 2.45) is 23.7 Å². The number of carbonyl (C=O) groups excluding carboxylic acids is 3. The van der Waals surface area contributed by atoms with Crippen LogP contribution in [0.3, 0.4) is 0 Å². The van der Waals surface area contributed by atoms with Crippen LogP contribution < -0.4 is 5.32 Å². The number of benzene rings is 1. The van der Waals surface area contributed by atoms with E-state index in [0.29, 0.717) is 0 Å². The summed E-state index contributed by atoms with van der Waals surface area (Å²) in [7, 11) is 0. The van der Waals surface area contributed by atoms with Crippen molar-refractivity contribution in [3.05, 3.63) is 28.2 Å². The minimum Gasteiger partial charge on any atom is -0.326 e. The monoisotopic (exact) mass is 574 g/mol. The van der Waals surface area contributed by atoms with Crippen LogP contribution in [0.1, 0.15) is 25.3 Å². The fourth-order valence-electron chi connectivity index (χ4n) is 5.03. The van der Waals surface area contributed by atoms with E-state index in [1.165, 1.54) is 4.90 Å². The Morgan fingerprint density at radius 2 is 1.75 bits per heavy atom. The number of likely N-dealkylation sites (tertiary alicyclic amines) is 1. The number of imide groups is 1. The number of halogens is 3. The zero-order valence-electron chi connectivity index (χ0n) is 15.3. The molecule has 1 aromatic rings. The largest absolute Gasteiger partial charge is 0.326 e. The SMILES string of the molecule is CCc1cc(Br)ccc1NC(=O)CCN1C(=O)[C@@H]2[C@@H]3C[C@H]([C@H](Br)[C@@H]3Br)[C@@H]2C1=O. The Hall–Kier alpha value is -0.730. The summed E-state index contributed by atoms with van der Waals surface area (Å²) >= 11 is 10.8. The lowest BCUT2D eigenvalue weighted by Gasteiger charge is -2.28. The number of hydrogen-bond donors (Lipinski definition) is 1. The molecule has 3 fully saturated rings. The lowest BCUT2D eigenvalue weighted by atomic mass is 9.81. The molecule has 1 heterocycles. The van der Waals surface area contributed by atoms with E-state index in [9.17, 15) is 14.4 Å². The molecule has 5 nitrogen and oxygen atoms in total. The van der Waals surface area contributed by atoms with Crippen molar-refractivity contribution >= 4 is 71.2 Å². The quantitative estimate of drug-likeness (QED) is 0.424. The van der Waals surface area contributed by atoms with Gasteiger partial charge in [-0.15, -0.1) is 0 Å². The van der Waals surface area contributed by atoms with Gasteiger partial charge in [-0.3, -0.25) is 19.3 Å². The van der Waals surface area contributed by atoms with Gasteiger partial charge in [0.05, 0.1) is 11.8 Å². The van der Waals surface area contributed by atoms with Crippen LogP contribution in [0.2, 0.25) is 0 Å². The summed E-state index contributed by atoms with van der Waals surface area (Å²) in [4.78, 5) is 40.0. The van der Waals surface area contributed by atoms with Crippen LogP contribution in [0, 0.1) is 23.7 Å². The average molecular weight is 577 g/mol. The van der Waals surface area contributed by atoms with E-state index in [4.69, 9.17) is 0 Å². The van der Waals surface area contributed by atoms with Crippen LogP contribution in [0.15, 0.2) is 22.7 Å². The van der Waals surface area contributed by atoms with Gasteiger partial charge in [0.1, 0.15) is 0 Å². The molecule has 4 rings (SSSR count). The molecule has 0 aromatic heterocycles. The van der Waals surface area contributed by atoms with Gasteiger partial charge in [0.2, 0.25) is 17.7 Å². The number of alkyl halides is 2. The van der Waals surface area contributed by atoms with E-state index in [0.717, 1.165) is 28.6 Å². The van der Waals surface area contributed by atoms with Crippen molar-refractivity contribution in [2.75, 3.05) is 11.9 Å². The Labute approximate surface area is 189 Å². The minimum absolute atomic E-state index is 0.1000. The number of anilines is 1. The summed E-state index contributed by atoms with van der Waals surface area (Å²) in [6.07, 6.45) is 1.82. The predicted molar refractivity (Wildman–Crippen MR) is 117 cm³/mol. The second-order valence-electron chi connectivity index (χ2n) is 7.79. The van der Waals surface area contributed by atoms with Gasteiger partial charge in [0.15, 0.2) is 0 Å². The van der Waals surface area contributed by atoms with Crippen molar-refractivity contribution in [1.29, 1.82) is 0 Å². The van der Waals surface area contributed by atoms with E-state index >= 15 is 0 Å². The van der Waals surface area contributed by atoms with Crippen LogP contribution in [-0.4, -0.2) is 38.8 Å². The Kier molecular flexibility index (Phi) is 5.75. The molecule has 8 heteroatoms. The van der Waals surface area contributed by atoms with Gasteiger partial charge in [-0.2, -0.15) is 0 Å². The maximum Gasteiger partial charge on any atom is 0.233 e. The first-order valence-electron chi connectivity index (χ1n) is 9.55. The van der Waals surface area contributed by atoms with E-state index in [2.05, 4.69) is 53.1 Å². The molecule has 6 atom stereocenters. The highest BCUT2D eigenvalue weighted by molar-refractivity contribution is 9.12. The zero-order chi connectivity index (χ0) is 20.2. The number of nitrogens with zero attached hydrogens (tertiary/aromatic N) is 1. The molecule has 1 N–H and O–H groups in total. The molecule has 28 heavy (non-hydrogen) atoms. The summed E-state index contributed by atoms with van der Waals surface area (Å²) in [5.74, 6) is -0.439. The van der Waals surface area contributed by atoms with Crippen molar-refractivity contribution in [1.82, 2.24) is 4.90 Å². The molecule has 1 saturated heterocycles. The number of fused-ring (bicyclic) bond motifs is 5. The highest BCUT2D eigenvalue weighted by Crippen LogP contribution is 2.60. The van der Waals surface area contributed by atoms with Crippen LogP contribution >= 0.6 is 47.8 Å². The first-order chi connectivity index (χ1) is 13.3. The van der Waals surface area contributed by atoms with E-state index in [-0.39, 0.29) is 64.0 Å². The van der Waals surface area contributed by atoms with Gasteiger partial charge in [-0.25, -0.2) is 0 Å². The van der Waals surface area contributed by atoms with Crippen molar-refractivity contribution in [2.45, 2.75) is 35.8 Å². The van der Waals surface area contributed by atoms with Gasteiger partial charge >= 0.3 is 0 Å². The normalized spacial score (nSPS) is 33.5. The number of nitrogens with one attached hydrogen (secondary N) is 1. The molecule has 0 radical (unpaired) electrons. The molecule has 1 aliphatic heterocycles. The van der Waals surface area contributed by atoms with Gasteiger partial charge in [0, 0.05) is 32.8 Å². The summed E-state index contributed by atoms with van der Waals surface area (Å²) in [6.45, 7) is 2.17. The summed E-state index contributed by atoms with van der Waals surface area (Å²) < 4.78 is 0.965. The molecule has 1 aromatic carbocycles. The van der Waals surface area contributed by atoms with Crippen LogP contribution in [0.25, 0.3) is 0 Å². The predicted octanol–water partition coefficient (Wildman–Crippen LogP) is 4.12. The molecule has 0 unspecified atom stereocenters. The Morgan fingerprint density at radius 3 is 2.32 bits per heavy atom. The maximum atomic E-state index is 12.9. The highest BCUT2D eigenvalue weighted by Gasteiger charge is 2.66. The van der Waals surface area contributed by atoms with Crippen LogP contribution in [0.4, 0.5) is 5.69 Å². The molecule has 2 aliphatic carbocycles. The number of amides is 3. The molecule has 3 aliphatic rings. The molecule has 3 amide bonds. The molecular weight excluding hydrogens is 556 g/mol. The molecular formula is C20H21Br3N2O3. The summed E-state index contributed by atoms with van der Waals surface area (Å²) in [5.41, 5.74) is 1.81. The first-order valence-corrected chi connectivity index (χ1v) is 12.2. The number of carbonyl (C=O) groups is 3. The molecule has 150 valence electrons. The standard InChI is InChI=1S/C20H21Br3N2O3/c1-2-9-7-10(21)3-4-13(9)24-14(26)5-6-25-19(27)15-11-8-12(16(15)20(25)28)18(23)17(11)22/h3-4,7,11-12,15-18H,2,5-6,8H2,1H3,(H,24,26)/t11-,12-,15-,16+,17-,18+/m0/s1. The lowest BCUT2D eigenvalue weighted by molar-refractivity contribution is -0.140. The topological polar surface area (TPSA) is 66.5 Å². The van der Waals surface area contributed by atoms with Crippen molar-refractivity contribution < 1.29 is 14.4 Å². The molecule has 0 spiro atoms. The Bertz CT molecular complexity index is 814. The van der Waals surface area contributed by atoms with Gasteiger partial charge in [-0.05, 0) is 48.4 Å². The number of aryl methyl sites for hydroxylation is 1. The second-order valence-corrected chi connectivity index (χ2v) is 10.8. The maximum absolute atomic E-state index is 12.9. The van der Waals surface area contributed by atoms with Gasteiger partial charge in [-0.1, -0.05) is 54.7 Å². The third kappa shape index (κ3) is 3.29. The van der Waals surface area contributed by atoms with E-state index < -0.39 is 0 Å². The van der Waals surface area contributed by atoms with Gasteiger partial charge < -0.3 is 5.32 Å². The fourth-order valence-corrected chi connectivity index (χ4v) is 7.32. The Balaban J connectivity index is 1.40. The Morgan fingerprint density at radius 1 is 1.14 bits per heavy atom. The first kappa shape index (κ1) is 20.5. The molecule has 2 saturated carbocycles. The van der Waals surface area contributed by atoms with E-state index in [1.807, 2.05) is 25.1 Å². The van der Waals surface area contributed by atoms with Crippen molar-refractivity contribution in [3.8, 4) is 0 Å². The summed E-state index contributed by atoms with van der Waals surface area (Å²) in [6, 6.07) is 5.72. The second kappa shape index (κ2) is 7.84. The third-order valence-corrected chi connectivity index (χ3v) is 10.1. The highest BCUT2D eigenvalue weighted by atomic mass is 79.9. The average Bonchev–Trinajstić information content (AvgIpc) is 3.27. The zero-order valence-corrected chi connectivity index (χ0v) is 20.1. The fraction of sp³-hybridized carbons (Fsp3) is 0.550. The van der Waals surface area contributed by atoms with Gasteiger partial charge in [0.25, 0.3) is 0 Å². The van der Waals surface area contributed by atoms with Crippen LogP contribution in [-0.2, 0) is 20.8 Å². The number of rotatable bonds is 5. The van der Waals surface area contributed by atoms with Crippen molar-refractivity contribution in [3.63, 3.8) is 0 Å². The lowest BCUT2D eigenvalue weighted by Crippen LogP contribution is -2.37. The van der Waals surface area contributed by atoms with Crippen LogP contribution in [0.5, 0.6) is 0 Å². The smallest absolute Gasteiger partial charge is 0.233 e. The number of hydrogen-bond acceptors (Lipinski definition) is 3. The summed E-state index contributed by atoms with van der Waals surface area (Å²) in [5, 5.41) is 2.91. The third-order valence-electron chi connectivity index (χ3n) is 6.36. The molecule has 2 bridgehead atoms. The van der Waals surface area contributed by atoms with E-state index in [1.54, 1.807) is 0 Å².